The van der Waals surface area contributed by atoms with Crippen molar-refractivity contribution in [3.05, 3.63) is 42.5 Å². The molecule has 3 N–H and O–H groups in total. The van der Waals surface area contributed by atoms with Crippen molar-refractivity contribution >= 4 is 28.4 Å². The van der Waals surface area contributed by atoms with Gasteiger partial charge in [-0.15, -0.1) is 0 Å². The van der Waals surface area contributed by atoms with Crippen LogP contribution >= 0.6 is 0 Å². The molecule has 5 heterocycles. The molecule has 1 amide bonds. The minimum absolute atomic E-state index is 0.0964. The average Bonchev–Trinajstić information content (AvgIpc) is 3.42. The van der Waals surface area contributed by atoms with Crippen LogP contribution in [0.2, 0.25) is 0 Å². The first-order valence-corrected chi connectivity index (χ1v) is 11.3. The number of nitrogens with zero attached hydrogens (tertiary/aromatic N) is 4. The van der Waals surface area contributed by atoms with Gasteiger partial charge in [-0.2, -0.15) is 10.1 Å². The second-order valence-electron chi connectivity index (χ2n) is 8.93. The largest absolute Gasteiger partial charge is 0.381 e. The van der Waals surface area contributed by atoms with Gasteiger partial charge >= 0.3 is 0 Å². The van der Waals surface area contributed by atoms with Crippen molar-refractivity contribution in [1.82, 2.24) is 29.9 Å². The van der Waals surface area contributed by atoms with E-state index < -0.39 is 5.92 Å². The number of carbonyl (C=O) groups excluding carboxylic acids is 1. The number of hydrogen-bond acceptors (Lipinski definition) is 6. The van der Waals surface area contributed by atoms with Crippen LogP contribution in [0, 0.1) is 0 Å². The average molecular weight is 467 g/mol. The molecule has 1 aliphatic heterocycles. The summed E-state index contributed by atoms with van der Waals surface area (Å²) in [6.45, 7) is 1.30. The number of ether oxygens (including phenoxy) is 1. The molecule has 11 heteroatoms. The summed E-state index contributed by atoms with van der Waals surface area (Å²) in [5.74, 6) is -2.44. The fourth-order valence-corrected chi connectivity index (χ4v) is 4.59. The van der Waals surface area contributed by atoms with Crippen LogP contribution in [0.25, 0.3) is 27.7 Å². The summed E-state index contributed by atoms with van der Waals surface area (Å²) >= 11 is 0. The molecule has 9 nitrogen and oxygen atoms in total. The monoisotopic (exact) mass is 467 g/mol. The molecule has 0 atom stereocenters. The molecule has 34 heavy (non-hydrogen) atoms. The summed E-state index contributed by atoms with van der Waals surface area (Å²) in [6.07, 6.45) is 8.06. The molecule has 0 unspecified atom stereocenters. The summed E-state index contributed by atoms with van der Waals surface area (Å²) < 4.78 is 33.2. The number of anilines is 1. The maximum atomic E-state index is 13.1. The normalized spacial score (nSPS) is 18.8. The number of nitrogens with one attached hydrogen (secondary N) is 3. The lowest BCUT2D eigenvalue weighted by atomic mass is 9.88. The Morgan fingerprint density at radius 3 is 2.82 bits per heavy atom. The molecule has 176 valence electrons. The number of H-pyrrole nitrogens is 1. The van der Waals surface area contributed by atoms with Crippen molar-refractivity contribution in [3.8, 4) is 11.1 Å². The minimum Gasteiger partial charge on any atom is -0.381 e. The number of fused-ring (bicyclic) bond motifs is 2. The van der Waals surface area contributed by atoms with Crippen LogP contribution in [0.3, 0.4) is 0 Å². The van der Waals surface area contributed by atoms with Crippen LogP contribution in [-0.2, 0) is 4.74 Å². The zero-order valence-electron chi connectivity index (χ0n) is 18.2. The quantitative estimate of drug-likeness (QED) is 0.415. The Morgan fingerprint density at radius 1 is 1.21 bits per heavy atom. The van der Waals surface area contributed by atoms with Crippen LogP contribution in [0.15, 0.2) is 36.9 Å². The fourth-order valence-electron chi connectivity index (χ4n) is 4.59. The molecule has 0 spiro atoms. The Morgan fingerprint density at radius 2 is 2.03 bits per heavy atom. The highest BCUT2D eigenvalue weighted by atomic mass is 19.3. The van der Waals surface area contributed by atoms with Gasteiger partial charge in [0.05, 0.1) is 17.3 Å². The molecule has 4 aromatic rings. The molecular formula is C23H23F2N7O2. The Balaban J connectivity index is 1.26. The summed E-state index contributed by atoms with van der Waals surface area (Å²) in [4.78, 5) is 24.8. The van der Waals surface area contributed by atoms with Crippen LogP contribution in [0.4, 0.5) is 14.7 Å². The number of rotatable bonds is 5. The third-order valence-corrected chi connectivity index (χ3v) is 6.49. The maximum Gasteiger partial charge on any atom is 0.255 e. The summed E-state index contributed by atoms with van der Waals surface area (Å²) in [6, 6.07) is 3.60. The first kappa shape index (κ1) is 21.0. The number of hydrogen-bond donors (Lipinski definition) is 3. The first-order valence-electron chi connectivity index (χ1n) is 11.3. The topological polar surface area (TPSA) is 109 Å². The minimum atomic E-state index is -2.60. The van der Waals surface area contributed by atoms with E-state index in [0.717, 1.165) is 29.4 Å². The van der Waals surface area contributed by atoms with Gasteiger partial charge in [0.1, 0.15) is 5.65 Å². The molecule has 0 radical (unpaired) electrons. The predicted octanol–water partition coefficient (Wildman–Crippen LogP) is 3.39. The second kappa shape index (κ2) is 8.01. The van der Waals surface area contributed by atoms with Crippen LogP contribution in [0.5, 0.6) is 0 Å². The lowest BCUT2D eigenvalue weighted by molar-refractivity contribution is -0.0794. The number of alkyl halides is 2. The van der Waals surface area contributed by atoms with Crippen molar-refractivity contribution in [3.63, 3.8) is 0 Å². The van der Waals surface area contributed by atoms with E-state index in [9.17, 15) is 13.6 Å². The molecule has 1 aliphatic carbocycles. The number of halogens is 2. The third-order valence-electron chi connectivity index (χ3n) is 6.49. The Bertz CT molecular complexity index is 1370. The molecule has 1 saturated carbocycles. The lowest BCUT2D eigenvalue weighted by Crippen LogP contribution is -2.44. The molecule has 2 aliphatic rings. The van der Waals surface area contributed by atoms with E-state index in [2.05, 4.69) is 30.7 Å². The van der Waals surface area contributed by atoms with Gasteiger partial charge < -0.3 is 20.4 Å². The Labute approximate surface area is 192 Å². The summed E-state index contributed by atoms with van der Waals surface area (Å²) in [5, 5.41) is 11.2. The molecule has 6 rings (SSSR count). The highest BCUT2D eigenvalue weighted by Crippen LogP contribution is 2.39. The van der Waals surface area contributed by atoms with Gasteiger partial charge in [-0.05, 0) is 30.5 Å². The number of amides is 1. The zero-order valence-corrected chi connectivity index (χ0v) is 18.2. The van der Waals surface area contributed by atoms with Crippen LogP contribution in [-0.4, -0.2) is 61.7 Å². The van der Waals surface area contributed by atoms with E-state index in [1.165, 1.54) is 0 Å². The molecule has 1 saturated heterocycles. The van der Waals surface area contributed by atoms with Crippen molar-refractivity contribution in [2.45, 2.75) is 43.7 Å². The van der Waals surface area contributed by atoms with Gasteiger partial charge in [0.2, 0.25) is 5.95 Å². The van der Waals surface area contributed by atoms with Gasteiger partial charge in [-0.1, -0.05) is 0 Å². The van der Waals surface area contributed by atoms with Crippen LogP contribution in [0.1, 0.15) is 36.0 Å². The Hall–Kier alpha value is -3.60. The maximum absolute atomic E-state index is 13.1. The number of carbonyl (C=O) groups is 1. The van der Waals surface area contributed by atoms with Crippen LogP contribution < -0.4 is 10.6 Å². The zero-order chi connectivity index (χ0) is 23.3. The molecule has 2 fully saturated rings. The standard InChI is InChI=1S/C23H23F2N7O2/c24-23(25)8-15(9-23)30-22-27-11-17-16(10-26-20(17)31-22)13-1-4-32-19(7-13)18(12-28-32)21(33)29-14-2-5-34-6-3-14/h1,4,7,10-12,14-15H,2-3,5-6,8-9H2,(H,29,33)(H2,26,27,30,31). The van der Waals surface area contributed by atoms with Gasteiger partial charge in [0, 0.05) is 67.7 Å². The van der Waals surface area contributed by atoms with Crippen molar-refractivity contribution < 1.29 is 18.3 Å². The molecular weight excluding hydrogens is 444 g/mol. The number of aromatic amines is 1. The third kappa shape index (κ3) is 3.85. The SMILES string of the molecule is O=C(NC1CCOCC1)c1cnn2ccc(-c3c[nH]c4nc(NC5CC(F)(F)C5)ncc34)cc12. The predicted molar refractivity (Wildman–Crippen MR) is 121 cm³/mol. The number of aromatic nitrogens is 5. The van der Waals surface area contributed by atoms with E-state index in [4.69, 9.17) is 4.74 Å². The van der Waals surface area contributed by atoms with E-state index >= 15 is 0 Å². The highest BCUT2D eigenvalue weighted by Gasteiger charge is 2.45. The van der Waals surface area contributed by atoms with Crippen molar-refractivity contribution in [2.75, 3.05) is 18.5 Å². The second-order valence-corrected chi connectivity index (χ2v) is 8.93. The molecule has 4 aromatic heterocycles. The fraction of sp³-hybridized carbons (Fsp3) is 0.391. The van der Waals surface area contributed by atoms with Gasteiger partial charge in [0.15, 0.2) is 0 Å². The van der Waals surface area contributed by atoms with Gasteiger partial charge in [-0.25, -0.2) is 18.3 Å². The molecule has 0 aromatic carbocycles. The van der Waals surface area contributed by atoms with E-state index in [1.807, 2.05) is 24.5 Å². The van der Waals surface area contributed by atoms with Crippen molar-refractivity contribution in [2.24, 2.45) is 0 Å². The van der Waals surface area contributed by atoms with Gasteiger partial charge in [-0.3, -0.25) is 4.79 Å². The summed E-state index contributed by atoms with van der Waals surface area (Å²) in [5.41, 5.74) is 3.55. The summed E-state index contributed by atoms with van der Waals surface area (Å²) in [7, 11) is 0. The van der Waals surface area contributed by atoms with E-state index in [-0.39, 0.29) is 30.8 Å². The lowest BCUT2D eigenvalue weighted by Gasteiger charge is -2.35. The smallest absolute Gasteiger partial charge is 0.255 e. The molecule has 0 bridgehead atoms. The highest BCUT2D eigenvalue weighted by molar-refractivity contribution is 6.02. The Kier molecular flexibility index (Phi) is 4.94. The van der Waals surface area contributed by atoms with Crippen molar-refractivity contribution in [1.29, 1.82) is 0 Å². The number of pyridine rings is 1. The van der Waals surface area contributed by atoms with E-state index in [1.54, 1.807) is 16.9 Å². The van der Waals surface area contributed by atoms with Gasteiger partial charge in [0.25, 0.3) is 11.8 Å². The van der Waals surface area contributed by atoms with E-state index in [0.29, 0.717) is 35.9 Å². The first-order chi connectivity index (χ1) is 16.4.